The molecule has 2 aromatic heterocycles. The van der Waals surface area contributed by atoms with Crippen molar-refractivity contribution in [1.29, 1.82) is 0 Å². The van der Waals surface area contributed by atoms with Crippen molar-refractivity contribution in [2.75, 3.05) is 24.5 Å². The SMILES string of the molecule is BC(B)(c1ccccc1)N1CC[C@@H]2CN(c3ncnc4sc(CC(F)(F)F)cc34)CC[C@@H]21. The van der Waals surface area contributed by atoms with Crippen LogP contribution in [0.15, 0.2) is 42.7 Å². The molecule has 2 aliphatic rings. The number of alkyl halides is 3. The van der Waals surface area contributed by atoms with Crippen LogP contribution in [-0.4, -0.2) is 62.4 Å². The maximum atomic E-state index is 12.9. The molecule has 0 bridgehead atoms. The second-order valence-electron chi connectivity index (χ2n) is 9.39. The third-order valence-electron chi connectivity index (χ3n) is 7.07. The lowest BCUT2D eigenvalue weighted by Crippen LogP contribution is -2.54. The van der Waals surface area contributed by atoms with E-state index in [2.05, 4.69) is 65.8 Å². The van der Waals surface area contributed by atoms with E-state index in [0.29, 0.717) is 21.7 Å². The molecule has 0 N–H and O–H groups in total. The highest BCUT2D eigenvalue weighted by atomic mass is 32.1. The van der Waals surface area contributed by atoms with Crippen molar-refractivity contribution in [3.05, 3.63) is 53.2 Å². The van der Waals surface area contributed by atoms with E-state index in [4.69, 9.17) is 0 Å². The molecule has 2 atom stereocenters. The molecule has 2 fully saturated rings. The van der Waals surface area contributed by atoms with Gasteiger partial charge in [-0.2, -0.15) is 13.2 Å². The number of benzene rings is 1. The number of likely N-dealkylation sites (tertiary alicyclic amines) is 1. The van der Waals surface area contributed by atoms with Gasteiger partial charge in [-0.1, -0.05) is 30.3 Å². The Kier molecular flexibility index (Phi) is 5.48. The summed E-state index contributed by atoms with van der Waals surface area (Å²) in [7, 11) is 4.61. The van der Waals surface area contributed by atoms with Crippen LogP contribution in [0.5, 0.6) is 0 Å². The van der Waals surface area contributed by atoms with Crippen molar-refractivity contribution in [2.45, 2.75) is 36.8 Å². The summed E-state index contributed by atoms with van der Waals surface area (Å²) in [5.41, 5.74) is 1.33. The zero-order valence-electron chi connectivity index (χ0n) is 18.3. The molecule has 4 heterocycles. The summed E-state index contributed by atoms with van der Waals surface area (Å²) in [5.74, 6) is 1.30. The smallest absolute Gasteiger partial charge is 0.356 e. The van der Waals surface area contributed by atoms with E-state index < -0.39 is 12.6 Å². The van der Waals surface area contributed by atoms with Crippen molar-refractivity contribution in [3.8, 4) is 0 Å². The van der Waals surface area contributed by atoms with E-state index in [1.165, 1.54) is 11.9 Å². The number of nitrogens with zero attached hydrogens (tertiary/aromatic N) is 4. The molecule has 0 unspecified atom stereocenters. The first-order valence-corrected chi connectivity index (χ1v) is 11.9. The number of halogens is 3. The van der Waals surface area contributed by atoms with Gasteiger partial charge < -0.3 is 9.80 Å². The minimum Gasteiger partial charge on any atom is -0.356 e. The number of thiophene rings is 1. The number of fused-ring (bicyclic) bond motifs is 2. The second-order valence-corrected chi connectivity index (χ2v) is 10.5. The Balaban J connectivity index is 1.36. The molecule has 0 spiro atoms. The fourth-order valence-corrected chi connectivity index (χ4v) is 6.53. The molecule has 4 nitrogen and oxygen atoms in total. The first-order chi connectivity index (χ1) is 15.2. The Morgan fingerprint density at radius 1 is 1.06 bits per heavy atom. The summed E-state index contributed by atoms with van der Waals surface area (Å²) < 4.78 is 38.6. The molecule has 0 aliphatic carbocycles. The molecule has 32 heavy (non-hydrogen) atoms. The normalized spacial score (nSPS) is 22.4. The Bertz CT molecular complexity index is 1110. The second kappa shape index (κ2) is 8.06. The summed E-state index contributed by atoms with van der Waals surface area (Å²) in [6.45, 7) is 2.78. The molecule has 3 aromatic rings. The monoisotopic (exact) mass is 456 g/mol. The van der Waals surface area contributed by atoms with Crippen LogP contribution in [0.4, 0.5) is 19.0 Å². The highest BCUT2D eigenvalue weighted by Crippen LogP contribution is 2.40. The molecule has 1 aromatic carbocycles. The summed E-state index contributed by atoms with van der Waals surface area (Å²) in [5, 5.41) is 0.708. The summed E-state index contributed by atoms with van der Waals surface area (Å²) in [4.78, 5) is 14.6. The lowest BCUT2D eigenvalue weighted by atomic mass is 9.56. The lowest BCUT2D eigenvalue weighted by molar-refractivity contribution is -0.126. The van der Waals surface area contributed by atoms with Gasteiger partial charge in [-0.05, 0) is 42.3 Å². The zero-order valence-corrected chi connectivity index (χ0v) is 19.1. The quantitative estimate of drug-likeness (QED) is 0.566. The Labute approximate surface area is 191 Å². The highest BCUT2D eigenvalue weighted by Gasteiger charge is 2.44. The molecular formula is C22H25B2F3N4S. The van der Waals surface area contributed by atoms with E-state index in [1.54, 1.807) is 6.07 Å². The van der Waals surface area contributed by atoms with E-state index in [9.17, 15) is 13.2 Å². The van der Waals surface area contributed by atoms with Crippen molar-refractivity contribution < 1.29 is 13.2 Å². The van der Waals surface area contributed by atoms with Crippen LogP contribution in [0.2, 0.25) is 0 Å². The van der Waals surface area contributed by atoms with E-state index in [-0.39, 0.29) is 5.34 Å². The van der Waals surface area contributed by atoms with Crippen LogP contribution in [0.1, 0.15) is 23.3 Å². The summed E-state index contributed by atoms with van der Waals surface area (Å²) >= 11 is 1.12. The first-order valence-electron chi connectivity index (χ1n) is 11.1. The van der Waals surface area contributed by atoms with Gasteiger partial charge in [-0.25, -0.2) is 9.97 Å². The van der Waals surface area contributed by atoms with Crippen LogP contribution in [0.3, 0.4) is 0 Å². The van der Waals surface area contributed by atoms with Crippen LogP contribution in [0.25, 0.3) is 10.2 Å². The fourth-order valence-electron chi connectivity index (χ4n) is 5.51. The van der Waals surface area contributed by atoms with Gasteiger partial charge in [-0.3, -0.25) is 0 Å². The maximum Gasteiger partial charge on any atom is 0.393 e. The molecule has 5 rings (SSSR count). The number of anilines is 1. The Hall–Kier alpha value is -2.06. The van der Waals surface area contributed by atoms with Crippen LogP contribution >= 0.6 is 11.3 Å². The molecule has 2 saturated heterocycles. The minimum atomic E-state index is -4.22. The zero-order chi connectivity index (χ0) is 22.5. The number of piperidine rings is 1. The van der Waals surface area contributed by atoms with Crippen LogP contribution < -0.4 is 4.90 Å². The first kappa shape index (κ1) is 21.8. The predicted octanol–water partition coefficient (Wildman–Crippen LogP) is 2.77. The average molecular weight is 456 g/mol. The predicted molar refractivity (Wildman–Crippen MR) is 128 cm³/mol. The van der Waals surface area contributed by atoms with Gasteiger partial charge in [0.05, 0.1) is 11.8 Å². The molecule has 166 valence electrons. The van der Waals surface area contributed by atoms with Crippen molar-refractivity contribution >= 4 is 43.1 Å². The Morgan fingerprint density at radius 2 is 1.84 bits per heavy atom. The van der Waals surface area contributed by atoms with Gasteiger partial charge in [0.2, 0.25) is 0 Å². The minimum absolute atomic E-state index is 0.0368. The standard InChI is InChI=1S/C22H25B2F3N4S/c23-22(24,15-4-2-1-3-5-15)31-9-6-14-12-30(8-7-18(14)31)19-17-10-16(11-21(25,26)27)32-20(17)29-13-28-19/h1-5,10,13-14,18H,6-9,11-12,23-24H2/t14-,18+/m1/s1. The molecule has 0 radical (unpaired) electrons. The van der Waals surface area contributed by atoms with Crippen LogP contribution in [0, 0.1) is 5.92 Å². The molecular weight excluding hydrogens is 431 g/mol. The Morgan fingerprint density at radius 3 is 2.59 bits per heavy atom. The third kappa shape index (κ3) is 4.03. The number of hydrogen-bond acceptors (Lipinski definition) is 5. The van der Waals surface area contributed by atoms with E-state index >= 15 is 0 Å². The summed E-state index contributed by atoms with van der Waals surface area (Å²) in [6, 6.07) is 12.8. The topological polar surface area (TPSA) is 32.3 Å². The third-order valence-corrected chi connectivity index (χ3v) is 8.11. The number of hydrogen-bond donors (Lipinski definition) is 0. The van der Waals surface area contributed by atoms with Crippen molar-refractivity contribution in [3.63, 3.8) is 0 Å². The van der Waals surface area contributed by atoms with Gasteiger partial charge in [0.1, 0.15) is 32.7 Å². The van der Waals surface area contributed by atoms with Gasteiger partial charge in [0.25, 0.3) is 0 Å². The van der Waals surface area contributed by atoms with Gasteiger partial charge >= 0.3 is 6.18 Å². The fraction of sp³-hybridized carbons (Fsp3) is 0.455. The molecule has 10 heteroatoms. The van der Waals surface area contributed by atoms with E-state index in [0.717, 1.165) is 55.0 Å². The van der Waals surface area contributed by atoms with Gasteiger partial charge in [0, 0.05) is 24.0 Å². The summed E-state index contributed by atoms with van der Waals surface area (Å²) in [6.07, 6.45) is -1.51. The number of rotatable bonds is 4. The lowest BCUT2D eigenvalue weighted by Gasteiger charge is -2.45. The highest BCUT2D eigenvalue weighted by molar-refractivity contribution is 7.18. The maximum absolute atomic E-state index is 12.9. The molecule has 0 saturated carbocycles. The molecule has 2 aliphatic heterocycles. The average Bonchev–Trinajstić information content (AvgIpc) is 3.36. The van der Waals surface area contributed by atoms with Crippen LogP contribution in [-0.2, 0) is 11.8 Å². The number of aromatic nitrogens is 2. The van der Waals surface area contributed by atoms with E-state index in [1.807, 2.05) is 0 Å². The van der Waals surface area contributed by atoms with Crippen molar-refractivity contribution in [1.82, 2.24) is 14.9 Å². The molecule has 0 amide bonds. The van der Waals surface area contributed by atoms with Gasteiger partial charge in [0.15, 0.2) is 0 Å². The van der Waals surface area contributed by atoms with Crippen molar-refractivity contribution in [2.24, 2.45) is 5.92 Å². The largest absolute Gasteiger partial charge is 0.393 e. The van der Waals surface area contributed by atoms with Gasteiger partial charge in [-0.15, -0.1) is 11.3 Å².